The molecular weight excluding hydrogens is 703 g/mol. The molecule has 1 aromatic heterocycles. The zero-order chi connectivity index (χ0) is 38.6. The van der Waals surface area contributed by atoms with Crippen LogP contribution in [0.25, 0.3) is 55.3 Å². The van der Waals surface area contributed by atoms with Crippen molar-refractivity contribution < 1.29 is 4.42 Å². The molecule has 2 heteroatoms. The van der Waals surface area contributed by atoms with Crippen molar-refractivity contribution in [1.82, 2.24) is 0 Å². The van der Waals surface area contributed by atoms with Gasteiger partial charge in [-0.3, -0.25) is 0 Å². The smallest absolute Gasteiger partial charge is 0.143 e. The summed E-state index contributed by atoms with van der Waals surface area (Å²) < 4.78 is 6.85. The van der Waals surface area contributed by atoms with Crippen molar-refractivity contribution in [2.45, 2.75) is 18.8 Å². The van der Waals surface area contributed by atoms with Crippen molar-refractivity contribution >= 4 is 39.0 Å². The lowest BCUT2D eigenvalue weighted by molar-refractivity contribution is 0.667. The largest absolute Gasteiger partial charge is 0.455 e. The summed E-state index contributed by atoms with van der Waals surface area (Å²) in [5, 5.41) is 2.29. The molecule has 0 saturated heterocycles. The predicted molar refractivity (Wildman–Crippen MR) is 242 cm³/mol. The Kier molecular flexibility index (Phi) is 8.11. The molecule has 1 heterocycles. The standard InChI is InChI=1S/C56H41NO/c1-38-14-13-21-44(36-38)56(43-19-9-4-10-20-43)51-35-34-49-48-22-11-12-23-53(48)58-55(49)54(51)50-33-32-47(37-52(50)56)57(45-28-24-41(25-29-45)39-15-5-2-6-16-39)46-30-26-42(27-31-46)40-17-7-3-8-18-40/h2-13,15-38H,14H2,1H3. The molecule has 0 bridgehead atoms. The third-order valence-corrected chi connectivity index (χ3v) is 12.3. The van der Waals surface area contributed by atoms with Gasteiger partial charge in [0.15, 0.2) is 0 Å². The summed E-state index contributed by atoms with van der Waals surface area (Å²) in [6.45, 7) is 2.33. The number of hydrogen-bond donors (Lipinski definition) is 0. The summed E-state index contributed by atoms with van der Waals surface area (Å²) in [6.07, 6.45) is 8.27. The number of fused-ring (bicyclic) bond motifs is 7. The number of para-hydroxylation sites is 1. The third kappa shape index (κ3) is 5.40. The monoisotopic (exact) mass is 743 g/mol. The molecule has 0 saturated carbocycles. The van der Waals surface area contributed by atoms with Gasteiger partial charge in [0.25, 0.3) is 0 Å². The minimum atomic E-state index is -0.569. The molecular formula is C56H41NO. The maximum atomic E-state index is 6.85. The average Bonchev–Trinajstić information content (AvgIpc) is 3.82. The Labute approximate surface area is 339 Å². The maximum absolute atomic E-state index is 6.85. The van der Waals surface area contributed by atoms with Gasteiger partial charge in [0.05, 0.1) is 5.41 Å². The van der Waals surface area contributed by atoms with E-state index in [2.05, 4.69) is 224 Å². The number of furan rings is 1. The Morgan fingerprint density at radius 1 is 0.517 bits per heavy atom. The fourth-order valence-corrected chi connectivity index (χ4v) is 9.59. The molecule has 9 aromatic rings. The number of nitrogens with zero attached hydrogens (tertiary/aromatic N) is 1. The van der Waals surface area contributed by atoms with Gasteiger partial charge in [-0.2, -0.15) is 0 Å². The molecule has 0 spiro atoms. The second kappa shape index (κ2) is 13.8. The highest BCUT2D eigenvalue weighted by atomic mass is 16.3. The van der Waals surface area contributed by atoms with E-state index in [1.54, 1.807) is 0 Å². The summed E-state index contributed by atoms with van der Waals surface area (Å²) in [7, 11) is 0. The molecule has 276 valence electrons. The minimum Gasteiger partial charge on any atom is -0.455 e. The predicted octanol–water partition coefficient (Wildman–Crippen LogP) is 15.2. The SMILES string of the molecule is CC1C=C(C2(c3ccccc3)c3cc(N(c4ccc(-c5ccccc5)cc4)c4ccc(-c5ccccc5)cc4)ccc3-c3c2ccc2c3oc3ccccc32)C=CC1. The van der Waals surface area contributed by atoms with Crippen LogP contribution in [0.4, 0.5) is 17.1 Å². The highest BCUT2D eigenvalue weighted by molar-refractivity contribution is 6.12. The lowest BCUT2D eigenvalue weighted by Crippen LogP contribution is -2.30. The molecule has 0 radical (unpaired) electrons. The maximum Gasteiger partial charge on any atom is 0.143 e. The molecule has 2 unspecified atom stereocenters. The van der Waals surface area contributed by atoms with Crippen LogP contribution in [0.5, 0.6) is 0 Å². The van der Waals surface area contributed by atoms with E-state index in [-0.39, 0.29) is 0 Å². The van der Waals surface area contributed by atoms with E-state index in [1.807, 2.05) is 0 Å². The second-order valence-electron chi connectivity index (χ2n) is 15.7. The van der Waals surface area contributed by atoms with E-state index in [1.165, 1.54) is 55.6 Å². The summed E-state index contributed by atoms with van der Waals surface area (Å²) >= 11 is 0. The second-order valence-corrected chi connectivity index (χ2v) is 15.7. The van der Waals surface area contributed by atoms with Crippen LogP contribution >= 0.6 is 0 Å². The van der Waals surface area contributed by atoms with Crippen LogP contribution in [0.2, 0.25) is 0 Å². The number of hydrogen-bond acceptors (Lipinski definition) is 2. The van der Waals surface area contributed by atoms with Crippen molar-refractivity contribution in [2.24, 2.45) is 5.92 Å². The molecule has 2 aliphatic rings. The molecule has 0 aliphatic heterocycles. The zero-order valence-corrected chi connectivity index (χ0v) is 32.3. The van der Waals surface area contributed by atoms with Gasteiger partial charge < -0.3 is 9.32 Å². The van der Waals surface area contributed by atoms with Crippen molar-refractivity contribution in [1.29, 1.82) is 0 Å². The fourth-order valence-electron chi connectivity index (χ4n) is 9.59. The molecule has 11 rings (SSSR count). The lowest BCUT2D eigenvalue weighted by atomic mass is 9.65. The van der Waals surface area contributed by atoms with Crippen molar-refractivity contribution in [3.63, 3.8) is 0 Å². The Morgan fingerprint density at radius 3 is 1.72 bits per heavy atom. The van der Waals surface area contributed by atoms with Gasteiger partial charge in [-0.25, -0.2) is 0 Å². The number of anilines is 3. The van der Waals surface area contributed by atoms with Crippen molar-refractivity contribution in [3.8, 4) is 33.4 Å². The molecule has 8 aromatic carbocycles. The van der Waals surface area contributed by atoms with Crippen LogP contribution in [0.3, 0.4) is 0 Å². The first-order valence-corrected chi connectivity index (χ1v) is 20.3. The van der Waals surface area contributed by atoms with E-state index in [9.17, 15) is 0 Å². The highest BCUT2D eigenvalue weighted by Gasteiger charge is 2.48. The van der Waals surface area contributed by atoms with Gasteiger partial charge in [0.2, 0.25) is 0 Å². The molecule has 2 atom stereocenters. The number of benzene rings is 8. The molecule has 0 amide bonds. The fraction of sp³-hybridized carbons (Fsp3) is 0.0714. The van der Waals surface area contributed by atoms with E-state index >= 15 is 0 Å². The minimum absolute atomic E-state index is 0.411. The Bertz CT molecular complexity index is 2930. The van der Waals surface area contributed by atoms with E-state index in [4.69, 9.17) is 4.42 Å². The molecule has 2 aliphatic carbocycles. The van der Waals surface area contributed by atoms with Crippen molar-refractivity contribution in [2.75, 3.05) is 4.90 Å². The number of allylic oxidation sites excluding steroid dienone is 4. The van der Waals surface area contributed by atoms with Gasteiger partial charge in [0, 0.05) is 33.4 Å². The van der Waals surface area contributed by atoms with E-state index in [0.717, 1.165) is 45.4 Å². The molecule has 0 N–H and O–H groups in total. The Balaban J connectivity index is 1.17. The molecule has 58 heavy (non-hydrogen) atoms. The van der Waals surface area contributed by atoms with Crippen LogP contribution < -0.4 is 4.90 Å². The van der Waals surface area contributed by atoms with E-state index in [0.29, 0.717) is 5.92 Å². The first kappa shape index (κ1) is 34.1. The van der Waals surface area contributed by atoms with Gasteiger partial charge in [-0.05, 0) is 105 Å². The zero-order valence-electron chi connectivity index (χ0n) is 32.3. The first-order chi connectivity index (χ1) is 28.7. The van der Waals surface area contributed by atoms with Gasteiger partial charge >= 0.3 is 0 Å². The van der Waals surface area contributed by atoms with Crippen LogP contribution in [-0.2, 0) is 5.41 Å². The normalized spacial score (nSPS) is 16.9. The van der Waals surface area contributed by atoms with Crippen LogP contribution in [-0.4, -0.2) is 0 Å². The topological polar surface area (TPSA) is 16.4 Å². The third-order valence-electron chi connectivity index (χ3n) is 12.3. The summed E-state index contributed by atoms with van der Waals surface area (Å²) in [5.41, 5.74) is 16.8. The van der Waals surface area contributed by atoms with Crippen LogP contribution in [0.1, 0.15) is 30.0 Å². The summed E-state index contributed by atoms with van der Waals surface area (Å²) in [5.74, 6) is 0.411. The lowest BCUT2D eigenvalue weighted by Gasteiger charge is -2.37. The van der Waals surface area contributed by atoms with Gasteiger partial charge in [0.1, 0.15) is 11.2 Å². The van der Waals surface area contributed by atoms with Gasteiger partial charge in [-0.15, -0.1) is 0 Å². The highest BCUT2D eigenvalue weighted by Crippen LogP contribution is 2.60. The molecule has 2 nitrogen and oxygen atoms in total. The van der Waals surface area contributed by atoms with Gasteiger partial charge in [-0.1, -0.05) is 177 Å². The van der Waals surface area contributed by atoms with Crippen LogP contribution in [0.15, 0.2) is 222 Å². The van der Waals surface area contributed by atoms with Crippen LogP contribution in [0, 0.1) is 5.92 Å². The average molecular weight is 744 g/mol. The first-order valence-electron chi connectivity index (χ1n) is 20.3. The summed E-state index contributed by atoms with van der Waals surface area (Å²) in [4.78, 5) is 2.41. The number of rotatable bonds is 7. The van der Waals surface area contributed by atoms with E-state index < -0.39 is 5.41 Å². The summed E-state index contributed by atoms with van der Waals surface area (Å²) in [6, 6.07) is 70.5. The van der Waals surface area contributed by atoms with Crippen molar-refractivity contribution in [3.05, 3.63) is 235 Å². The Hall–Kier alpha value is -7.16. The molecule has 0 fully saturated rings. The Morgan fingerprint density at radius 2 is 1.09 bits per heavy atom. The quantitative estimate of drug-likeness (QED) is 0.162.